The summed E-state index contributed by atoms with van der Waals surface area (Å²) in [6.07, 6.45) is 0. The number of benzene rings is 1. The first-order chi connectivity index (χ1) is 6.15. The van der Waals surface area contributed by atoms with Gasteiger partial charge in [-0.15, -0.1) is 24.8 Å². The summed E-state index contributed by atoms with van der Waals surface area (Å²) in [5.74, 6) is 0.572. The Morgan fingerprint density at radius 2 is 1.40 bits per heavy atom. The summed E-state index contributed by atoms with van der Waals surface area (Å²) in [6.45, 7) is 4.86. The average molecular weight is 251 g/mol. The van der Waals surface area contributed by atoms with E-state index < -0.39 is 0 Å². The molecule has 0 aliphatic rings. The first-order valence-electron chi connectivity index (χ1n) is 4.70. The molecule has 0 aliphatic heterocycles. The summed E-state index contributed by atoms with van der Waals surface area (Å²) in [5, 5.41) is 0. The van der Waals surface area contributed by atoms with Gasteiger partial charge in [0.25, 0.3) is 0 Å². The van der Waals surface area contributed by atoms with Gasteiger partial charge in [-0.1, -0.05) is 38.1 Å². The molecule has 0 unspecified atom stereocenters. The van der Waals surface area contributed by atoms with Gasteiger partial charge in [-0.25, -0.2) is 0 Å². The van der Waals surface area contributed by atoms with Crippen LogP contribution in [0, 0.1) is 0 Å². The Labute approximate surface area is 104 Å². The highest BCUT2D eigenvalue weighted by Gasteiger charge is 2.03. The highest BCUT2D eigenvalue weighted by Crippen LogP contribution is 2.16. The number of halogens is 2. The average Bonchev–Trinajstić information content (AvgIpc) is 2.17. The van der Waals surface area contributed by atoms with Crippen molar-refractivity contribution in [3.05, 3.63) is 35.4 Å². The Kier molecular flexibility index (Phi) is 9.07. The Hall–Kier alpha value is -0.280. The third-order valence-corrected chi connectivity index (χ3v) is 2.29. The van der Waals surface area contributed by atoms with Crippen molar-refractivity contribution in [2.45, 2.75) is 25.8 Å². The van der Waals surface area contributed by atoms with Gasteiger partial charge in [-0.05, 0) is 17.0 Å². The fraction of sp³-hybridized carbons (Fsp3) is 0.455. The standard InChI is InChI=1S/C11H18N2.2ClH/c1-8(2)9-3-5-10(6-4-9)11(13)7-12;;/h3-6,8,11H,7,12-13H2,1-2H3;2*1H/t11-;;/m0../s1. The Balaban J connectivity index is 0. The molecule has 0 radical (unpaired) electrons. The maximum absolute atomic E-state index is 5.80. The molecule has 1 rings (SSSR count). The topological polar surface area (TPSA) is 52.0 Å². The molecule has 1 aromatic carbocycles. The van der Waals surface area contributed by atoms with Crippen molar-refractivity contribution in [1.29, 1.82) is 0 Å². The minimum atomic E-state index is -0.0267. The smallest absolute Gasteiger partial charge is 0.0419 e. The van der Waals surface area contributed by atoms with Crippen molar-refractivity contribution in [1.82, 2.24) is 0 Å². The van der Waals surface area contributed by atoms with E-state index in [0.29, 0.717) is 12.5 Å². The third-order valence-electron chi connectivity index (χ3n) is 2.29. The van der Waals surface area contributed by atoms with Crippen molar-refractivity contribution in [3.63, 3.8) is 0 Å². The molecule has 88 valence electrons. The minimum Gasteiger partial charge on any atom is -0.329 e. The van der Waals surface area contributed by atoms with Gasteiger partial charge >= 0.3 is 0 Å². The lowest BCUT2D eigenvalue weighted by Gasteiger charge is -2.11. The highest BCUT2D eigenvalue weighted by molar-refractivity contribution is 5.85. The predicted molar refractivity (Wildman–Crippen MR) is 71.0 cm³/mol. The van der Waals surface area contributed by atoms with Crippen LogP contribution in [0.25, 0.3) is 0 Å². The maximum atomic E-state index is 5.80. The largest absolute Gasteiger partial charge is 0.329 e. The molecule has 0 aliphatic carbocycles. The molecule has 15 heavy (non-hydrogen) atoms. The zero-order valence-corrected chi connectivity index (χ0v) is 10.8. The second-order valence-electron chi connectivity index (χ2n) is 3.66. The normalized spacial score (nSPS) is 11.5. The molecule has 0 spiro atoms. The molecule has 2 nitrogen and oxygen atoms in total. The summed E-state index contributed by atoms with van der Waals surface area (Å²) in [6, 6.07) is 8.34. The summed E-state index contributed by atoms with van der Waals surface area (Å²) < 4.78 is 0. The summed E-state index contributed by atoms with van der Waals surface area (Å²) in [7, 11) is 0. The maximum Gasteiger partial charge on any atom is 0.0419 e. The van der Waals surface area contributed by atoms with E-state index in [2.05, 4.69) is 38.1 Å². The summed E-state index contributed by atoms with van der Waals surface area (Å²) in [5.41, 5.74) is 13.7. The van der Waals surface area contributed by atoms with Gasteiger partial charge in [-0.2, -0.15) is 0 Å². The molecule has 0 saturated heterocycles. The van der Waals surface area contributed by atoms with Crippen molar-refractivity contribution in [2.24, 2.45) is 11.5 Å². The Morgan fingerprint density at radius 1 is 1.00 bits per heavy atom. The van der Waals surface area contributed by atoms with Crippen molar-refractivity contribution < 1.29 is 0 Å². The molecule has 0 amide bonds. The summed E-state index contributed by atoms with van der Waals surface area (Å²) in [4.78, 5) is 0. The minimum absolute atomic E-state index is 0. The van der Waals surface area contributed by atoms with Gasteiger partial charge in [0.1, 0.15) is 0 Å². The zero-order chi connectivity index (χ0) is 9.84. The zero-order valence-electron chi connectivity index (χ0n) is 9.14. The van der Waals surface area contributed by atoms with E-state index in [-0.39, 0.29) is 30.9 Å². The van der Waals surface area contributed by atoms with Gasteiger partial charge < -0.3 is 11.5 Å². The van der Waals surface area contributed by atoms with Crippen LogP contribution in [-0.4, -0.2) is 6.54 Å². The van der Waals surface area contributed by atoms with E-state index in [0.717, 1.165) is 5.56 Å². The van der Waals surface area contributed by atoms with Crippen LogP contribution >= 0.6 is 24.8 Å². The molecule has 4 heteroatoms. The van der Waals surface area contributed by atoms with Gasteiger partial charge in [-0.3, -0.25) is 0 Å². The Morgan fingerprint density at radius 3 is 1.73 bits per heavy atom. The highest BCUT2D eigenvalue weighted by atomic mass is 35.5. The lowest BCUT2D eigenvalue weighted by Crippen LogP contribution is -2.20. The van der Waals surface area contributed by atoms with Crippen LogP contribution in [0.3, 0.4) is 0 Å². The number of rotatable bonds is 3. The van der Waals surface area contributed by atoms with E-state index in [9.17, 15) is 0 Å². The van der Waals surface area contributed by atoms with Crippen LogP contribution in [0.15, 0.2) is 24.3 Å². The molecule has 0 saturated carbocycles. The van der Waals surface area contributed by atoms with E-state index in [1.165, 1.54) is 5.56 Å². The lowest BCUT2D eigenvalue weighted by atomic mass is 9.99. The molecule has 4 N–H and O–H groups in total. The van der Waals surface area contributed by atoms with Gasteiger partial charge in [0, 0.05) is 12.6 Å². The van der Waals surface area contributed by atoms with Crippen molar-refractivity contribution in [2.75, 3.05) is 6.54 Å². The molecular weight excluding hydrogens is 231 g/mol. The molecule has 0 fully saturated rings. The number of hydrogen-bond acceptors (Lipinski definition) is 2. The molecule has 1 atom stereocenters. The quantitative estimate of drug-likeness (QED) is 0.867. The molecule has 0 aromatic heterocycles. The molecule has 0 heterocycles. The van der Waals surface area contributed by atoms with Crippen LogP contribution < -0.4 is 11.5 Å². The number of hydrogen-bond donors (Lipinski definition) is 2. The predicted octanol–water partition coefficient (Wildman–Crippen LogP) is 2.61. The van der Waals surface area contributed by atoms with Crippen LogP contribution in [-0.2, 0) is 0 Å². The van der Waals surface area contributed by atoms with E-state index in [1.54, 1.807) is 0 Å². The van der Waals surface area contributed by atoms with E-state index in [4.69, 9.17) is 11.5 Å². The second kappa shape index (κ2) is 7.94. The monoisotopic (exact) mass is 250 g/mol. The lowest BCUT2D eigenvalue weighted by molar-refractivity contribution is 0.735. The first-order valence-corrected chi connectivity index (χ1v) is 4.70. The molecular formula is C11H20Cl2N2. The van der Waals surface area contributed by atoms with Gasteiger partial charge in [0.2, 0.25) is 0 Å². The fourth-order valence-corrected chi connectivity index (χ4v) is 1.26. The van der Waals surface area contributed by atoms with Crippen molar-refractivity contribution >= 4 is 24.8 Å². The molecule has 0 bridgehead atoms. The van der Waals surface area contributed by atoms with Crippen LogP contribution in [0.2, 0.25) is 0 Å². The van der Waals surface area contributed by atoms with Crippen LogP contribution in [0.5, 0.6) is 0 Å². The van der Waals surface area contributed by atoms with Crippen molar-refractivity contribution in [3.8, 4) is 0 Å². The second-order valence-corrected chi connectivity index (χ2v) is 3.66. The third kappa shape index (κ3) is 4.85. The SMILES string of the molecule is CC(C)c1ccc([C@@H](N)CN)cc1.Cl.Cl. The Bertz CT molecular complexity index is 260. The van der Waals surface area contributed by atoms with Crippen LogP contribution in [0.4, 0.5) is 0 Å². The summed E-state index contributed by atoms with van der Waals surface area (Å²) >= 11 is 0. The van der Waals surface area contributed by atoms with Gasteiger partial charge in [0.15, 0.2) is 0 Å². The molecule has 1 aromatic rings. The van der Waals surface area contributed by atoms with E-state index in [1.807, 2.05) is 0 Å². The number of nitrogens with two attached hydrogens (primary N) is 2. The van der Waals surface area contributed by atoms with Gasteiger partial charge in [0.05, 0.1) is 0 Å². The van der Waals surface area contributed by atoms with Crippen LogP contribution in [0.1, 0.15) is 36.9 Å². The van der Waals surface area contributed by atoms with E-state index >= 15 is 0 Å². The fourth-order valence-electron chi connectivity index (χ4n) is 1.26. The first kappa shape index (κ1) is 17.1.